The molecule has 0 radical (unpaired) electrons. The van der Waals surface area contributed by atoms with Crippen LogP contribution in [0.1, 0.15) is 38.4 Å². The van der Waals surface area contributed by atoms with Crippen molar-refractivity contribution in [2.75, 3.05) is 5.32 Å². The van der Waals surface area contributed by atoms with Crippen molar-refractivity contribution in [3.63, 3.8) is 0 Å². The molecule has 21 heavy (non-hydrogen) atoms. The van der Waals surface area contributed by atoms with E-state index in [1.54, 1.807) is 11.3 Å². The zero-order valence-electron chi connectivity index (χ0n) is 12.4. The highest BCUT2D eigenvalue weighted by molar-refractivity contribution is 7.16. The first kappa shape index (κ1) is 14.1. The molecule has 0 aliphatic carbocycles. The third-order valence-electron chi connectivity index (χ3n) is 3.79. The van der Waals surface area contributed by atoms with E-state index < -0.39 is 0 Å². The summed E-state index contributed by atoms with van der Waals surface area (Å²) >= 11 is 1.67. The van der Waals surface area contributed by atoms with Crippen LogP contribution in [0.15, 0.2) is 36.0 Å². The fourth-order valence-corrected chi connectivity index (χ4v) is 3.21. The first-order valence-corrected chi connectivity index (χ1v) is 8.29. The summed E-state index contributed by atoms with van der Waals surface area (Å²) in [6.45, 7) is 5.16. The van der Waals surface area contributed by atoms with E-state index in [1.807, 2.05) is 5.51 Å². The molecule has 0 saturated carbocycles. The lowest BCUT2D eigenvalue weighted by Gasteiger charge is -2.12. The van der Waals surface area contributed by atoms with Gasteiger partial charge in [-0.3, -0.25) is 4.68 Å². The molecule has 5 heteroatoms. The second-order valence-corrected chi connectivity index (χ2v) is 6.03. The molecule has 3 rings (SSSR count). The van der Waals surface area contributed by atoms with Crippen LogP contribution in [-0.4, -0.2) is 14.8 Å². The fraction of sp³-hybridized carbons (Fsp3) is 0.375. The van der Waals surface area contributed by atoms with Crippen molar-refractivity contribution in [1.82, 2.24) is 14.8 Å². The van der Waals surface area contributed by atoms with E-state index in [0.717, 1.165) is 36.3 Å². The molecule has 0 saturated heterocycles. The number of nitrogens with one attached hydrogen (secondary N) is 1. The fourth-order valence-electron chi connectivity index (χ4n) is 2.50. The van der Waals surface area contributed by atoms with Gasteiger partial charge in [-0.25, -0.2) is 4.98 Å². The van der Waals surface area contributed by atoms with E-state index in [4.69, 9.17) is 0 Å². The number of nitrogens with zero attached hydrogens (tertiary/aromatic N) is 3. The van der Waals surface area contributed by atoms with E-state index in [9.17, 15) is 0 Å². The van der Waals surface area contributed by atoms with E-state index in [0.29, 0.717) is 6.04 Å². The van der Waals surface area contributed by atoms with Gasteiger partial charge in [-0.2, -0.15) is 5.10 Å². The largest absolute Gasteiger partial charge is 0.379 e. The highest BCUT2D eigenvalue weighted by Gasteiger charge is 2.07. The number of hydrogen-bond donors (Lipinski definition) is 1. The standard InChI is InChI=1S/C16H20N4S/c1-3-14(4-2)20-8-7-13(19-20)10-17-12-5-6-15-16(9-12)21-11-18-15/h5-9,11,14,17H,3-4,10H2,1-2H3. The molecule has 2 aromatic heterocycles. The minimum atomic E-state index is 0.507. The third-order valence-corrected chi connectivity index (χ3v) is 4.58. The lowest BCUT2D eigenvalue weighted by Crippen LogP contribution is -2.08. The molecule has 0 fully saturated rings. The van der Waals surface area contributed by atoms with Crippen molar-refractivity contribution in [2.24, 2.45) is 0 Å². The summed E-state index contributed by atoms with van der Waals surface area (Å²) in [6.07, 6.45) is 4.32. The average Bonchev–Trinajstić information content (AvgIpc) is 3.15. The highest BCUT2D eigenvalue weighted by Crippen LogP contribution is 2.22. The first-order chi connectivity index (χ1) is 10.3. The predicted octanol–water partition coefficient (Wildman–Crippen LogP) is 4.47. The molecule has 2 heterocycles. The summed E-state index contributed by atoms with van der Waals surface area (Å²) < 4.78 is 3.30. The van der Waals surface area contributed by atoms with Gasteiger partial charge < -0.3 is 5.32 Å². The predicted molar refractivity (Wildman–Crippen MR) is 88.8 cm³/mol. The number of anilines is 1. The number of aromatic nitrogens is 3. The van der Waals surface area contributed by atoms with Gasteiger partial charge in [0.15, 0.2) is 0 Å². The molecule has 0 spiro atoms. The molecule has 110 valence electrons. The Balaban J connectivity index is 1.67. The molecular formula is C16H20N4S. The molecule has 0 atom stereocenters. The molecule has 0 bridgehead atoms. The van der Waals surface area contributed by atoms with Gasteiger partial charge in [-0.1, -0.05) is 13.8 Å². The van der Waals surface area contributed by atoms with Gasteiger partial charge in [-0.15, -0.1) is 11.3 Å². The van der Waals surface area contributed by atoms with Crippen LogP contribution in [0, 0.1) is 0 Å². The normalized spacial score (nSPS) is 11.4. The van der Waals surface area contributed by atoms with Crippen LogP contribution in [-0.2, 0) is 6.54 Å². The lowest BCUT2D eigenvalue weighted by atomic mass is 10.2. The Hall–Kier alpha value is -1.88. The summed E-state index contributed by atoms with van der Waals surface area (Å²) in [5.41, 5.74) is 5.13. The first-order valence-electron chi connectivity index (χ1n) is 7.41. The quantitative estimate of drug-likeness (QED) is 0.730. The molecular weight excluding hydrogens is 280 g/mol. The van der Waals surface area contributed by atoms with Crippen molar-refractivity contribution < 1.29 is 0 Å². The second kappa shape index (κ2) is 6.26. The van der Waals surface area contributed by atoms with Crippen LogP contribution in [0.3, 0.4) is 0 Å². The van der Waals surface area contributed by atoms with Gasteiger partial charge in [0.25, 0.3) is 0 Å². The molecule has 1 aromatic carbocycles. The third kappa shape index (κ3) is 3.08. The van der Waals surface area contributed by atoms with Crippen molar-refractivity contribution in [1.29, 1.82) is 0 Å². The minimum absolute atomic E-state index is 0.507. The van der Waals surface area contributed by atoms with Gasteiger partial charge in [0, 0.05) is 11.9 Å². The van der Waals surface area contributed by atoms with Crippen LogP contribution in [0.5, 0.6) is 0 Å². The number of hydrogen-bond acceptors (Lipinski definition) is 4. The maximum atomic E-state index is 4.66. The van der Waals surface area contributed by atoms with E-state index in [2.05, 4.69) is 64.4 Å². The van der Waals surface area contributed by atoms with Gasteiger partial charge >= 0.3 is 0 Å². The molecule has 0 amide bonds. The second-order valence-electron chi connectivity index (χ2n) is 5.15. The zero-order chi connectivity index (χ0) is 14.7. The van der Waals surface area contributed by atoms with E-state index >= 15 is 0 Å². The Bertz CT molecular complexity index is 712. The summed E-state index contributed by atoms with van der Waals surface area (Å²) in [5.74, 6) is 0. The molecule has 0 unspecified atom stereocenters. The summed E-state index contributed by atoms with van der Waals surface area (Å²) in [6, 6.07) is 8.87. The maximum Gasteiger partial charge on any atom is 0.0815 e. The number of thiazole rings is 1. The van der Waals surface area contributed by atoms with E-state index in [1.165, 1.54) is 4.70 Å². The molecule has 3 aromatic rings. The van der Waals surface area contributed by atoms with E-state index in [-0.39, 0.29) is 0 Å². The van der Waals surface area contributed by atoms with Crippen molar-refractivity contribution >= 4 is 27.2 Å². The molecule has 0 aliphatic heterocycles. The van der Waals surface area contributed by atoms with Crippen molar-refractivity contribution in [2.45, 2.75) is 39.3 Å². The smallest absolute Gasteiger partial charge is 0.0815 e. The zero-order valence-corrected chi connectivity index (χ0v) is 13.2. The van der Waals surface area contributed by atoms with Gasteiger partial charge in [0.2, 0.25) is 0 Å². The van der Waals surface area contributed by atoms with Gasteiger partial charge in [0.05, 0.1) is 34.0 Å². The molecule has 4 nitrogen and oxygen atoms in total. The van der Waals surface area contributed by atoms with Crippen molar-refractivity contribution in [3.8, 4) is 0 Å². The van der Waals surface area contributed by atoms with Crippen LogP contribution in [0.2, 0.25) is 0 Å². The maximum absolute atomic E-state index is 4.66. The topological polar surface area (TPSA) is 42.7 Å². The van der Waals surface area contributed by atoms with Crippen molar-refractivity contribution in [3.05, 3.63) is 41.7 Å². The van der Waals surface area contributed by atoms with Crippen LogP contribution in [0.4, 0.5) is 5.69 Å². The number of rotatable bonds is 6. The lowest BCUT2D eigenvalue weighted by molar-refractivity contribution is 0.426. The summed E-state index contributed by atoms with van der Waals surface area (Å²) in [5, 5.41) is 8.10. The Kier molecular flexibility index (Phi) is 4.20. The minimum Gasteiger partial charge on any atom is -0.379 e. The van der Waals surface area contributed by atoms with Crippen LogP contribution >= 0.6 is 11.3 Å². The van der Waals surface area contributed by atoms with Crippen LogP contribution < -0.4 is 5.32 Å². The van der Waals surface area contributed by atoms with Gasteiger partial charge in [0.1, 0.15) is 0 Å². The number of fused-ring (bicyclic) bond motifs is 1. The molecule has 0 aliphatic rings. The number of benzene rings is 1. The Morgan fingerprint density at radius 1 is 1.24 bits per heavy atom. The molecule has 1 N–H and O–H groups in total. The Labute approximate surface area is 128 Å². The van der Waals surface area contributed by atoms with Gasteiger partial charge in [-0.05, 0) is 37.1 Å². The monoisotopic (exact) mass is 300 g/mol. The van der Waals surface area contributed by atoms with Crippen LogP contribution in [0.25, 0.3) is 10.2 Å². The average molecular weight is 300 g/mol. The highest BCUT2D eigenvalue weighted by atomic mass is 32.1. The SMILES string of the molecule is CCC(CC)n1ccc(CNc2ccc3ncsc3c2)n1. The Morgan fingerprint density at radius 2 is 2.10 bits per heavy atom. The Morgan fingerprint density at radius 3 is 2.90 bits per heavy atom. The summed E-state index contributed by atoms with van der Waals surface area (Å²) in [7, 11) is 0. The summed E-state index contributed by atoms with van der Waals surface area (Å²) in [4.78, 5) is 4.29.